The van der Waals surface area contributed by atoms with Crippen LogP contribution in [0.25, 0.3) is 0 Å². The maximum Gasteiger partial charge on any atom is 0.123 e. The molecule has 0 aromatic heterocycles. The zero-order valence-corrected chi connectivity index (χ0v) is 11.8. The van der Waals surface area contributed by atoms with Gasteiger partial charge in [0.2, 0.25) is 0 Å². The fourth-order valence-electron chi connectivity index (χ4n) is 1.97. The number of aryl methyl sites for hydroxylation is 1. The summed E-state index contributed by atoms with van der Waals surface area (Å²) < 4.78 is 13.2. The van der Waals surface area contributed by atoms with Gasteiger partial charge in [-0.05, 0) is 41.3 Å². The predicted octanol–water partition coefficient (Wildman–Crippen LogP) is 4.03. The summed E-state index contributed by atoms with van der Waals surface area (Å²) >= 11 is 1.79. The minimum absolute atomic E-state index is 0.191. The lowest BCUT2D eigenvalue weighted by Crippen LogP contribution is -2.01. The third kappa shape index (κ3) is 3.82. The molecule has 100 valence electrons. The van der Waals surface area contributed by atoms with Gasteiger partial charge in [-0.2, -0.15) is 11.8 Å². The van der Waals surface area contributed by atoms with Crippen molar-refractivity contribution in [2.75, 3.05) is 0 Å². The number of thioether (sulfide) groups is 1. The highest BCUT2D eigenvalue weighted by Gasteiger charge is 2.04. The summed E-state index contributed by atoms with van der Waals surface area (Å²) in [6, 6.07) is 13.2. The molecule has 0 aliphatic rings. The van der Waals surface area contributed by atoms with E-state index >= 15 is 0 Å². The Morgan fingerprint density at radius 2 is 1.74 bits per heavy atom. The summed E-state index contributed by atoms with van der Waals surface area (Å²) in [6.07, 6.45) is 0. The minimum atomic E-state index is -0.191. The van der Waals surface area contributed by atoms with Crippen molar-refractivity contribution in [1.29, 1.82) is 0 Å². The summed E-state index contributed by atoms with van der Waals surface area (Å²) in [5.74, 6) is 1.54. The molecule has 2 aromatic carbocycles. The molecule has 0 radical (unpaired) electrons. The molecule has 0 bridgehead atoms. The summed E-state index contributed by atoms with van der Waals surface area (Å²) in [5.41, 5.74) is 10.3. The lowest BCUT2D eigenvalue weighted by atomic mass is 10.1. The summed E-state index contributed by atoms with van der Waals surface area (Å²) in [5, 5.41) is 0. The minimum Gasteiger partial charge on any atom is -0.326 e. The van der Waals surface area contributed by atoms with Crippen molar-refractivity contribution in [3.63, 3.8) is 0 Å². The van der Waals surface area contributed by atoms with E-state index in [1.165, 1.54) is 17.2 Å². The molecule has 0 saturated heterocycles. The Kier molecular flexibility index (Phi) is 5.00. The van der Waals surface area contributed by atoms with E-state index < -0.39 is 0 Å². The Morgan fingerprint density at radius 1 is 1.00 bits per heavy atom. The van der Waals surface area contributed by atoms with Crippen LogP contribution < -0.4 is 5.73 Å². The first-order valence-electron chi connectivity index (χ1n) is 6.30. The average molecular weight is 275 g/mol. The molecular formula is C16H18FNS. The van der Waals surface area contributed by atoms with Gasteiger partial charge in [-0.1, -0.05) is 30.3 Å². The van der Waals surface area contributed by atoms with Crippen molar-refractivity contribution in [1.82, 2.24) is 0 Å². The zero-order chi connectivity index (χ0) is 13.7. The third-order valence-corrected chi connectivity index (χ3v) is 4.19. The normalized spacial score (nSPS) is 10.7. The number of rotatable bonds is 5. The van der Waals surface area contributed by atoms with Crippen LogP contribution in [0.5, 0.6) is 0 Å². The Bertz CT molecular complexity index is 554. The highest BCUT2D eigenvalue weighted by molar-refractivity contribution is 7.97. The fourth-order valence-corrected chi connectivity index (χ4v) is 3.11. The molecule has 3 heteroatoms. The number of benzene rings is 2. The molecular weight excluding hydrogens is 257 g/mol. The molecule has 19 heavy (non-hydrogen) atoms. The van der Waals surface area contributed by atoms with Crippen LogP contribution in [0.3, 0.4) is 0 Å². The van der Waals surface area contributed by atoms with E-state index in [0.29, 0.717) is 6.54 Å². The van der Waals surface area contributed by atoms with E-state index in [1.54, 1.807) is 23.9 Å². The Hall–Kier alpha value is -1.32. The van der Waals surface area contributed by atoms with E-state index in [2.05, 4.69) is 25.1 Å². The molecule has 0 aliphatic heterocycles. The molecule has 0 spiro atoms. The molecule has 0 unspecified atom stereocenters. The Labute approximate surface area is 118 Å². The average Bonchev–Trinajstić information content (AvgIpc) is 2.41. The summed E-state index contributed by atoms with van der Waals surface area (Å²) in [4.78, 5) is 0. The second-order valence-electron chi connectivity index (χ2n) is 4.54. The van der Waals surface area contributed by atoms with Gasteiger partial charge in [-0.3, -0.25) is 0 Å². The van der Waals surface area contributed by atoms with E-state index in [9.17, 15) is 4.39 Å². The molecule has 0 amide bonds. The molecule has 2 aromatic rings. The second kappa shape index (κ2) is 6.73. The summed E-state index contributed by atoms with van der Waals surface area (Å²) in [7, 11) is 0. The zero-order valence-electron chi connectivity index (χ0n) is 11.0. The monoisotopic (exact) mass is 275 g/mol. The van der Waals surface area contributed by atoms with E-state index in [1.807, 2.05) is 6.07 Å². The number of hydrogen-bond acceptors (Lipinski definition) is 2. The van der Waals surface area contributed by atoms with E-state index in [-0.39, 0.29) is 5.82 Å². The van der Waals surface area contributed by atoms with E-state index in [0.717, 1.165) is 22.6 Å². The van der Waals surface area contributed by atoms with Crippen molar-refractivity contribution in [3.8, 4) is 0 Å². The van der Waals surface area contributed by atoms with Crippen LogP contribution >= 0.6 is 11.8 Å². The van der Waals surface area contributed by atoms with Crippen LogP contribution in [0, 0.1) is 12.7 Å². The summed E-state index contributed by atoms with van der Waals surface area (Å²) in [6.45, 7) is 2.57. The lowest BCUT2D eigenvalue weighted by Gasteiger charge is -2.09. The predicted molar refractivity (Wildman–Crippen MR) is 80.5 cm³/mol. The van der Waals surface area contributed by atoms with Gasteiger partial charge in [0.1, 0.15) is 5.82 Å². The van der Waals surface area contributed by atoms with Crippen molar-refractivity contribution >= 4 is 11.8 Å². The van der Waals surface area contributed by atoms with Gasteiger partial charge in [0.25, 0.3) is 0 Å². The topological polar surface area (TPSA) is 26.0 Å². The van der Waals surface area contributed by atoms with Crippen LogP contribution in [-0.4, -0.2) is 0 Å². The first-order valence-corrected chi connectivity index (χ1v) is 7.46. The molecule has 1 nitrogen and oxygen atoms in total. The molecule has 0 heterocycles. The number of hydrogen-bond donors (Lipinski definition) is 1. The SMILES string of the molecule is Cc1ccccc1CSCc1cc(F)ccc1CN. The first-order chi connectivity index (χ1) is 9.20. The van der Waals surface area contributed by atoms with Crippen molar-refractivity contribution in [2.45, 2.75) is 25.0 Å². The molecule has 2 rings (SSSR count). The standard InChI is InChI=1S/C16H18FNS/c1-12-4-2-3-5-14(12)10-19-11-15-8-16(17)7-6-13(15)9-18/h2-8H,9-11,18H2,1H3. The fraction of sp³-hybridized carbons (Fsp3) is 0.250. The Morgan fingerprint density at radius 3 is 2.47 bits per heavy atom. The molecule has 0 saturated carbocycles. The highest BCUT2D eigenvalue weighted by atomic mass is 32.2. The van der Waals surface area contributed by atoms with Crippen LogP contribution in [-0.2, 0) is 18.1 Å². The molecule has 0 atom stereocenters. The Balaban J connectivity index is 2.00. The largest absolute Gasteiger partial charge is 0.326 e. The van der Waals surface area contributed by atoms with Gasteiger partial charge in [0.05, 0.1) is 0 Å². The van der Waals surface area contributed by atoms with Gasteiger partial charge >= 0.3 is 0 Å². The van der Waals surface area contributed by atoms with Crippen molar-refractivity contribution < 1.29 is 4.39 Å². The van der Waals surface area contributed by atoms with Crippen LogP contribution in [0.15, 0.2) is 42.5 Å². The quantitative estimate of drug-likeness (QED) is 0.891. The molecule has 0 fully saturated rings. The highest BCUT2D eigenvalue weighted by Crippen LogP contribution is 2.22. The maximum absolute atomic E-state index is 13.2. The molecule has 2 N–H and O–H groups in total. The lowest BCUT2D eigenvalue weighted by molar-refractivity contribution is 0.625. The van der Waals surface area contributed by atoms with Gasteiger partial charge in [0.15, 0.2) is 0 Å². The second-order valence-corrected chi connectivity index (χ2v) is 5.52. The van der Waals surface area contributed by atoms with Crippen molar-refractivity contribution in [3.05, 3.63) is 70.5 Å². The first kappa shape index (κ1) is 14.1. The van der Waals surface area contributed by atoms with Crippen LogP contribution in [0.4, 0.5) is 4.39 Å². The number of halogens is 1. The van der Waals surface area contributed by atoms with Gasteiger partial charge in [-0.25, -0.2) is 4.39 Å². The van der Waals surface area contributed by atoms with Crippen LogP contribution in [0.2, 0.25) is 0 Å². The van der Waals surface area contributed by atoms with Gasteiger partial charge < -0.3 is 5.73 Å². The number of nitrogens with two attached hydrogens (primary N) is 1. The van der Waals surface area contributed by atoms with E-state index in [4.69, 9.17) is 5.73 Å². The van der Waals surface area contributed by atoms with Gasteiger partial charge in [0, 0.05) is 18.1 Å². The van der Waals surface area contributed by atoms with Crippen molar-refractivity contribution in [2.24, 2.45) is 5.73 Å². The third-order valence-electron chi connectivity index (χ3n) is 3.16. The maximum atomic E-state index is 13.2. The van der Waals surface area contributed by atoms with Gasteiger partial charge in [-0.15, -0.1) is 0 Å². The smallest absolute Gasteiger partial charge is 0.123 e. The van der Waals surface area contributed by atoms with Crippen LogP contribution in [0.1, 0.15) is 22.3 Å². The molecule has 0 aliphatic carbocycles.